The summed E-state index contributed by atoms with van der Waals surface area (Å²) in [4.78, 5) is 17.3. The predicted octanol–water partition coefficient (Wildman–Crippen LogP) is 1.83. The lowest BCUT2D eigenvalue weighted by molar-refractivity contribution is 0.641. The van der Waals surface area contributed by atoms with E-state index in [0.717, 1.165) is 16.8 Å². The van der Waals surface area contributed by atoms with Gasteiger partial charge in [0, 0.05) is 35.9 Å². The molecule has 2 heterocycles. The van der Waals surface area contributed by atoms with E-state index in [2.05, 4.69) is 32.2 Å². The Balaban J connectivity index is 2.37. The quantitative estimate of drug-likeness (QED) is 0.891. The Bertz CT molecular complexity index is 536. The standard InChI is InChI=1S/C13H17N5/c1-8-5-15-12(16-6-8)13-17-7-11(9(2)14-4)10(3)18-13/h5-7,9,14H,1-4H3. The Morgan fingerprint density at radius 1 is 1.00 bits per heavy atom. The zero-order valence-electron chi connectivity index (χ0n) is 11.1. The van der Waals surface area contributed by atoms with Crippen molar-refractivity contribution in [2.24, 2.45) is 0 Å². The van der Waals surface area contributed by atoms with Gasteiger partial charge in [-0.1, -0.05) is 0 Å². The van der Waals surface area contributed by atoms with Gasteiger partial charge in [0.25, 0.3) is 0 Å². The highest BCUT2D eigenvalue weighted by Crippen LogP contribution is 2.17. The topological polar surface area (TPSA) is 63.6 Å². The molecule has 0 radical (unpaired) electrons. The number of hydrogen-bond donors (Lipinski definition) is 1. The van der Waals surface area contributed by atoms with Gasteiger partial charge in [-0.15, -0.1) is 0 Å². The van der Waals surface area contributed by atoms with Crippen molar-refractivity contribution in [3.8, 4) is 11.6 Å². The van der Waals surface area contributed by atoms with Crippen molar-refractivity contribution >= 4 is 0 Å². The fraction of sp³-hybridized carbons (Fsp3) is 0.385. The maximum Gasteiger partial charge on any atom is 0.197 e. The fourth-order valence-electron chi connectivity index (χ4n) is 1.67. The molecule has 2 aromatic rings. The first-order valence-corrected chi connectivity index (χ1v) is 5.91. The molecule has 0 saturated heterocycles. The average molecular weight is 243 g/mol. The van der Waals surface area contributed by atoms with Crippen LogP contribution in [0.15, 0.2) is 18.6 Å². The van der Waals surface area contributed by atoms with E-state index in [9.17, 15) is 0 Å². The number of hydrogen-bond acceptors (Lipinski definition) is 5. The van der Waals surface area contributed by atoms with Crippen molar-refractivity contribution in [1.82, 2.24) is 25.3 Å². The minimum atomic E-state index is 0.234. The normalized spacial score (nSPS) is 12.4. The van der Waals surface area contributed by atoms with Gasteiger partial charge in [0.2, 0.25) is 0 Å². The molecule has 0 fully saturated rings. The highest BCUT2D eigenvalue weighted by molar-refractivity contribution is 5.43. The molecule has 0 aliphatic carbocycles. The van der Waals surface area contributed by atoms with Crippen molar-refractivity contribution in [2.75, 3.05) is 7.05 Å². The van der Waals surface area contributed by atoms with E-state index in [0.29, 0.717) is 11.6 Å². The van der Waals surface area contributed by atoms with Crippen molar-refractivity contribution in [3.05, 3.63) is 35.4 Å². The van der Waals surface area contributed by atoms with Crippen LogP contribution in [0.3, 0.4) is 0 Å². The van der Waals surface area contributed by atoms with E-state index in [1.54, 1.807) is 12.4 Å². The summed E-state index contributed by atoms with van der Waals surface area (Å²) in [6, 6.07) is 0.234. The highest BCUT2D eigenvalue weighted by Gasteiger charge is 2.11. The van der Waals surface area contributed by atoms with Gasteiger partial charge in [0.15, 0.2) is 11.6 Å². The Labute approximate surface area is 107 Å². The minimum absolute atomic E-state index is 0.234. The third-order valence-corrected chi connectivity index (χ3v) is 2.90. The van der Waals surface area contributed by atoms with E-state index in [1.165, 1.54) is 0 Å². The van der Waals surface area contributed by atoms with Gasteiger partial charge in [0.1, 0.15) is 0 Å². The monoisotopic (exact) mass is 243 g/mol. The summed E-state index contributed by atoms with van der Waals surface area (Å²) in [7, 11) is 1.92. The van der Waals surface area contributed by atoms with Crippen LogP contribution in [0.5, 0.6) is 0 Å². The van der Waals surface area contributed by atoms with Gasteiger partial charge in [-0.25, -0.2) is 19.9 Å². The minimum Gasteiger partial charge on any atom is -0.313 e. The molecule has 0 amide bonds. The van der Waals surface area contributed by atoms with Crippen LogP contribution in [0.1, 0.15) is 29.8 Å². The zero-order chi connectivity index (χ0) is 13.1. The van der Waals surface area contributed by atoms with Crippen LogP contribution in [0, 0.1) is 13.8 Å². The Hall–Kier alpha value is -1.88. The first-order valence-electron chi connectivity index (χ1n) is 5.91. The van der Waals surface area contributed by atoms with Crippen LogP contribution in [-0.4, -0.2) is 27.0 Å². The second kappa shape index (κ2) is 5.18. The molecule has 1 N–H and O–H groups in total. The fourth-order valence-corrected chi connectivity index (χ4v) is 1.67. The summed E-state index contributed by atoms with van der Waals surface area (Å²) in [5, 5.41) is 3.18. The van der Waals surface area contributed by atoms with E-state index in [1.807, 2.05) is 27.1 Å². The summed E-state index contributed by atoms with van der Waals surface area (Å²) in [5.41, 5.74) is 3.07. The molecule has 0 aliphatic rings. The van der Waals surface area contributed by atoms with Crippen LogP contribution < -0.4 is 5.32 Å². The molecule has 0 aromatic carbocycles. The first kappa shape index (κ1) is 12.6. The molecule has 2 aromatic heterocycles. The molecule has 0 bridgehead atoms. The van der Waals surface area contributed by atoms with Gasteiger partial charge in [0.05, 0.1) is 0 Å². The van der Waals surface area contributed by atoms with E-state index in [-0.39, 0.29) is 6.04 Å². The summed E-state index contributed by atoms with van der Waals surface area (Å²) < 4.78 is 0. The van der Waals surface area contributed by atoms with E-state index in [4.69, 9.17) is 0 Å². The van der Waals surface area contributed by atoms with Crippen molar-refractivity contribution < 1.29 is 0 Å². The maximum atomic E-state index is 4.47. The van der Waals surface area contributed by atoms with Crippen LogP contribution in [-0.2, 0) is 0 Å². The average Bonchev–Trinajstić information content (AvgIpc) is 2.38. The second-order valence-corrected chi connectivity index (χ2v) is 4.33. The van der Waals surface area contributed by atoms with Crippen LogP contribution >= 0.6 is 0 Å². The van der Waals surface area contributed by atoms with Gasteiger partial charge in [-0.2, -0.15) is 0 Å². The summed E-state index contributed by atoms with van der Waals surface area (Å²) in [6.45, 7) is 6.00. The Morgan fingerprint density at radius 3 is 2.17 bits per heavy atom. The summed E-state index contributed by atoms with van der Waals surface area (Å²) >= 11 is 0. The maximum absolute atomic E-state index is 4.47. The van der Waals surface area contributed by atoms with Crippen molar-refractivity contribution in [3.63, 3.8) is 0 Å². The number of nitrogens with zero attached hydrogens (tertiary/aromatic N) is 4. The molecule has 0 spiro atoms. The summed E-state index contributed by atoms with van der Waals surface area (Å²) in [6.07, 6.45) is 5.37. The number of aromatic nitrogens is 4. The SMILES string of the molecule is CNC(C)c1cnc(-c2ncc(C)cn2)nc1C. The molecular weight excluding hydrogens is 226 g/mol. The lowest BCUT2D eigenvalue weighted by Crippen LogP contribution is -2.15. The molecule has 2 rings (SSSR count). The summed E-state index contributed by atoms with van der Waals surface area (Å²) in [5.74, 6) is 1.13. The molecule has 1 atom stereocenters. The molecular formula is C13H17N5. The number of rotatable bonds is 3. The Kier molecular flexibility index (Phi) is 3.62. The van der Waals surface area contributed by atoms with Gasteiger partial charge < -0.3 is 5.32 Å². The number of aryl methyl sites for hydroxylation is 2. The second-order valence-electron chi connectivity index (χ2n) is 4.33. The largest absolute Gasteiger partial charge is 0.313 e. The van der Waals surface area contributed by atoms with Crippen molar-refractivity contribution in [2.45, 2.75) is 26.8 Å². The van der Waals surface area contributed by atoms with Crippen LogP contribution in [0.4, 0.5) is 0 Å². The third-order valence-electron chi connectivity index (χ3n) is 2.90. The lowest BCUT2D eigenvalue weighted by atomic mass is 10.1. The highest BCUT2D eigenvalue weighted by atomic mass is 15.0. The van der Waals surface area contributed by atoms with Gasteiger partial charge in [-0.3, -0.25) is 0 Å². The van der Waals surface area contributed by atoms with E-state index >= 15 is 0 Å². The molecule has 1 unspecified atom stereocenters. The number of nitrogens with one attached hydrogen (secondary N) is 1. The smallest absolute Gasteiger partial charge is 0.197 e. The first-order chi connectivity index (χ1) is 8.61. The van der Waals surface area contributed by atoms with Crippen LogP contribution in [0.25, 0.3) is 11.6 Å². The van der Waals surface area contributed by atoms with Crippen LogP contribution in [0.2, 0.25) is 0 Å². The zero-order valence-corrected chi connectivity index (χ0v) is 11.1. The molecule has 94 valence electrons. The molecule has 0 aliphatic heterocycles. The molecule has 5 nitrogen and oxygen atoms in total. The molecule has 0 saturated carbocycles. The Morgan fingerprint density at radius 2 is 1.61 bits per heavy atom. The van der Waals surface area contributed by atoms with Crippen molar-refractivity contribution in [1.29, 1.82) is 0 Å². The molecule has 5 heteroatoms. The van der Waals surface area contributed by atoms with E-state index < -0.39 is 0 Å². The van der Waals surface area contributed by atoms with Gasteiger partial charge >= 0.3 is 0 Å². The van der Waals surface area contributed by atoms with Gasteiger partial charge in [-0.05, 0) is 33.4 Å². The third kappa shape index (κ3) is 2.51. The molecule has 18 heavy (non-hydrogen) atoms. The lowest BCUT2D eigenvalue weighted by Gasteiger charge is -2.12. The predicted molar refractivity (Wildman–Crippen MR) is 70.0 cm³/mol.